The molecule has 2 aromatic carbocycles. The van der Waals surface area contributed by atoms with Gasteiger partial charge in [0.05, 0.1) is 6.61 Å². The molecule has 0 unspecified atom stereocenters. The number of hydrogen-bond donors (Lipinski definition) is 1. The Balaban J connectivity index is 1.40. The average molecular weight is 336 g/mol. The average Bonchev–Trinajstić information content (AvgIpc) is 3.36. The summed E-state index contributed by atoms with van der Waals surface area (Å²) >= 11 is 0. The van der Waals surface area contributed by atoms with Gasteiger partial charge in [-0.25, -0.2) is 4.79 Å². The molecule has 1 heterocycles. The first-order valence-corrected chi connectivity index (χ1v) is 9.10. The van der Waals surface area contributed by atoms with Gasteiger partial charge in [0.15, 0.2) is 0 Å². The van der Waals surface area contributed by atoms with Crippen LogP contribution in [0.4, 0.5) is 10.5 Å². The minimum absolute atomic E-state index is 0.0156. The third-order valence-corrected chi connectivity index (χ3v) is 4.97. The van der Waals surface area contributed by atoms with E-state index < -0.39 is 0 Å². The van der Waals surface area contributed by atoms with E-state index in [1.165, 1.54) is 5.56 Å². The van der Waals surface area contributed by atoms with Gasteiger partial charge in [0.1, 0.15) is 0 Å². The van der Waals surface area contributed by atoms with Crippen LogP contribution >= 0.6 is 0 Å². The van der Waals surface area contributed by atoms with Crippen LogP contribution in [0, 0.1) is 5.92 Å². The zero-order valence-corrected chi connectivity index (χ0v) is 14.4. The van der Waals surface area contributed by atoms with Crippen molar-refractivity contribution in [3.05, 3.63) is 54.6 Å². The Hall–Kier alpha value is -2.33. The summed E-state index contributed by atoms with van der Waals surface area (Å²) in [5.41, 5.74) is 3.18. The predicted molar refractivity (Wildman–Crippen MR) is 99.6 cm³/mol. The van der Waals surface area contributed by atoms with E-state index in [1.54, 1.807) is 0 Å². The first-order chi connectivity index (χ1) is 12.3. The fraction of sp³-hybridized carbons (Fsp3) is 0.381. The van der Waals surface area contributed by atoms with Crippen molar-refractivity contribution >= 4 is 11.7 Å². The lowest BCUT2D eigenvalue weighted by Crippen LogP contribution is -2.40. The summed E-state index contributed by atoms with van der Waals surface area (Å²) in [6.45, 7) is 2.41. The van der Waals surface area contributed by atoms with Gasteiger partial charge in [-0.3, -0.25) is 0 Å². The molecular formula is C21H24N2O2. The lowest BCUT2D eigenvalue weighted by Gasteiger charge is -2.25. The summed E-state index contributed by atoms with van der Waals surface area (Å²) in [6, 6.07) is 18.7. The molecule has 0 spiro atoms. The molecule has 2 aliphatic rings. The van der Waals surface area contributed by atoms with Crippen LogP contribution in [0.2, 0.25) is 0 Å². The van der Waals surface area contributed by atoms with E-state index in [9.17, 15) is 4.79 Å². The molecule has 1 saturated heterocycles. The van der Waals surface area contributed by atoms with Gasteiger partial charge in [-0.05, 0) is 42.5 Å². The van der Waals surface area contributed by atoms with Gasteiger partial charge < -0.3 is 15.0 Å². The number of rotatable bonds is 5. The maximum absolute atomic E-state index is 12.7. The van der Waals surface area contributed by atoms with E-state index in [0.717, 1.165) is 50.3 Å². The number of nitrogens with zero attached hydrogens (tertiary/aromatic N) is 1. The number of benzene rings is 2. The van der Waals surface area contributed by atoms with Gasteiger partial charge in [0.25, 0.3) is 0 Å². The minimum atomic E-state index is 0.0156. The van der Waals surface area contributed by atoms with Crippen molar-refractivity contribution in [3.63, 3.8) is 0 Å². The van der Waals surface area contributed by atoms with E-state index in [0.29, 0.717) is 12.0 Å². The number of ether oxygens (including phenoxy) is 1. The summed E-state index contributed by atoms with van der Waals surface area (Å²) < 4.78 is 5.45. The van der Waals surface area contributed by atoms with Crippen LogP contribution in [-0.4, -0.2) is 36.7 Å². The summed E-state index contributed by atoms with van der Waals surface area (Å²) in [5, 5.41) is 3.06. The molecule has 0 bridgehead atoms. The highest BCUT2D eigenvalue weighted by molar-refractivity contribution is 5.90. The minimum Gasteiger partial charge on any atom is -0.381 e. The Morgan fingerprint density at radius 3 is 2.36 bits per heavy atom. The van der Waals surface area contributed by atoms with Crippen LogP contribution < -0.4 is 5.32 Å². The van der Waals surface area contributed by atoms with Crippen molar-refractivity contribution in [1.82, 2.24) is 4.90 Å². The third kappa shape index (κ3) is 4.02. The first-order valence-electron chi connectivity index (χ1n) is 9.10. The van der Waals surface area contributed by atoms with E-state index in [2.05, 4.69) is 29.6 Å². The Labute approximate surface area is 148 Å². The molecule has 1 aliphatic heterocycles. The molecule has 0 aromatic heterocycles. The maximum atomic E-state index is 12.7. The number of carbonyl (C=O) groups is 1. The summed E-state index contributed by atoms with van der Waals surface area (Å²) in [7, 11) is 0. The van der Waals surface area contributed by atoms with Gasteiger partial charge in [-0.15, -0.1) is 0 Å². The number of amides is 2. The Morgan fingerprint density at radius 1 is 1.00 bits per heavy atom. The second-order valence-corrected chi connectivity index (χ2v) is 6.99. The van der Waals surface area contributed by atoms with Gasteiger partial charge in [0, 0.05) is 30.8 Å². The van der Waals surface area contributed by atoms with E-state index in [4.69, 9.17) is 4.74 Å². The first kappa shape index (κ1) is 16.2. The molecule has 1 atom stereocenters. The van der Waals surface area contributed by atoms with Crippen molar-refractivity contribution in [3.8, 4) is 11.1 Å². The zero-order chi connectivity index (χ0) is 17.1. The molecule has 4 rings (SSSR count). The molecule has 4 nitrogen and oxygen atoms in total. The maximum Gasteiger partial charge on any atom is 0.322 e. The highest BCUT2D eigenvalue weighted by Gasteiger charge is 2.34. The van der Waals surface area contributed by atoms with Gasteiger partial charge in [-0.1, -0.05) is 42.5 Å². The topological polar surface area (TPSA) is 41.6 Å². The molecule has 2 amide bonds. The Kier molecular flexibility index (Phi) is 4.70. The third-order valence-electron chi connectivity index (χ3n) is 4.97. The molecule has 4 heteroatoms. The van der Waals surface area contributed by atoms with Crippen LogP contribution in [-0.2, 0) is 4.74 Å². The molecule has 130 valence electrons. The fourth-order valence-electron chi connectivity index (χ4n) is 3.36. The predicted octanol–water partition coefficient (Wildman–Crippen LogP) is 4.39. The molecule has 1 N–H and O–H groups in total. The van der Waals surface area contributed by atoms with E-state index >= 15 is 0 Å². The van der Waals surface area contributed by atoms with Crippen molar-refractivity contribution in [2.75, 3.05) is 25.1 Å². The number of hydrogen-bond acceptors (Lipinski definition) is 2. The standard InChI is InChI=1S/C21H24N2O2/c24-21(23(20-10-11-20)14-16-12-13-25-15-16)22-19-8-6-18(7-9-19)17-4-2-1-3-5-17/h1-9,16,20H,10-15H2,(H,22,24)/t16-/m0/s1. The highest BCUT2D eigenvalue weighted by Crippen LogP contribution is 2.30. The second kappa shape index (κ2) is 7.28. The zero-order valence-electron chi connectivity index (χ0n) is 14.4. The molecule has 25 heavy (non-hydrogen) atoms. The summed E-state index contributed by atoms with van der Waals surface area (Å²) in [6.07, 6.45) is 3.30. The van der Waals surface area contributed by atoms with Crippen LogP contribution in [0.5, 0.6) is 0 Å². The monoisotopic (exact) mass is 336 g/mol. The lowest BCUT2D eigenvalue weighted by molar-refractivity contribution is 0.167. The van der Waals surface area contributed by atoms with Gasteiger partial charge >= 0.3 is 6.03 Å². The SMILES string of the molecule is O=C(Nc1ccc(-c2ccccc2)cc1)N(C[C@@H]1CCOC1)C1CC1. The fourth-order valence-corrected chi connectivity index (χ4v) is 3.36. The highest BCUT2D eigenvalue weighted by atomic mass is 16.5. The summed E-state index contributed by atoms with van der Waals surface area (Å²) in [5.74, 6) is 0.479. The van der Waals surface area contributed by atoms with Crippen molar-refractivity contribution in [2.24, 2.45) is 5.92 Å². The quantitative estimate of drug-likeness (QED) is 0.880. The molecule has 1 aliphatic carbocycles. The molecule has 2 fully saturated rings. The van der Waals surface area contributed by atoms with Crippen molar-refractivity contribution < 1.29 is 9.53 Å². The van der Waals surface area contributed by atoms with E-state index in [-0.39, 0.29) is 6.03 Å². The number of nitrogens with one attached hydrogen (secondary N) is 1. The van der Waals surface area contributed by atoms with Crippen LogP contribution in [0.3, 0.4) is 0 Å². The van der Waals surface area contributed by atoms with Crippen LogP contribution in [0.15, 0.2) is 54.6 Å². The van der Waals surface area contributed by atoms with Crippen LogP contribution in [0.1, 0.15) is 19.3 Å². The second-order valence-electron chi connectivity index (χ2n) is 6.99. The number of carbonyl (C=O) groups excluding carboxylic acids is 1. The van der Waals surface area contributed by atoms with Crippen molar-refractivity contribution in [2.45, 2.75) is 25.3 Å². The molecule has 0 radical (unpaired) electrons. The van der Waals surface area contributed by atoms with Gasteiger partial charge in [-0.2, -0.15) is 0 Å². The van der Waals surface area contributed by atoms with Crippen molar-refractivity contribution in [1.29, 1.82) is 0 Å². The smallest absolute Gasteiger partial charge is 0.322 e. The van der Waals surface area contributed by atoms with E-state index in [1.807, 2.05) is 35.2 Å². The number of anilines is 1. The largest absolute Gasteiger partial charge is 0.381 e. The number of urea groups is 1. The Morgan fingerprint density at radius 2 is 1.72 bits per heavy atom. The molecule has 2 aromatic rings. The summed E-state index contributed by atoms with van der Waals surface area (Å²) in [4.78, 5) is 14.7. The molecule has 1 saturated carbocycles. The normalized spacial score (nSPS) is 19.6. The van der Waals surface area contributed by atoms with Gasteiger partial charge in [0.2, 0.25) is 0 Å². The Bertz CT molecular complexity index is 704. The lowest BCUT2D eigenvalue weighted by atomic mass is 10.1. The van der Waals surface area contributed by atoms with Crippen LogP contribution in [0.25, 0.3) is 11.1 Å². The molecular weight excluding hydrogens is 312 g/mol.